The van der Waals surface area contributed by atoms with Gasteiger partial charge in [0, 0.05) is 25.2 Å². The first-order valence-corrected chi connectivity index (χ1v) is 9.98. The molecule has 5 nitrogen and oxygen atoms in total. The van der Waals surface area contributed by atoms with Crippen molar-refractivity contribution in [2.45, 2.75) is 40.7 Å². The van der Waals surface area contributed by atoms with Crippen LogP contribution in [0.1, 0.15) is 46.5 Å². The van der Waals surface area contributed by atoms with Crippen molar-refractivity contribution in [3.05, 3.63) is 70.3 Å². The highest BCUT2D eigenvalue weighted by molar-refractivity contribution is 14.0. The number of carbonyl (C=O) groups is 1. The number of aryl methyl sites for hydroxylation is 2. The zero-order valence-corrected chi connectivity index (χ0v) is 20.2. The van der Waals surface area contributed by atoms with E-state index in [-0.39, 0.29) is 29.9 Å². The fourth-order valence-electron chi connectivity index (χ4n) is 3.07. The Hall–Kier alpha value is -2.09. The van der Waals surface area contributed by atoms with E-state index in [0.717, 1.165) is 31.0 Å². The van der Waals surface area contributed by atoms with Crippen LogP contribution < -0.4 is 16.0 Å². The molecule has 0 aliphatic carbocycles. The third-order valence-corrected chi connectivity index (χ3v) is 4.31. The summed E-state index contributed by atoms with van der Waals surface area (Å²) in [6, 6.07) is 14.2. The molecule has 0 saturated carbocycles. The summed E-state index contributed by atoms with van der Waals surface area (Å²) in [5.41, 5.74) is 5.67. The molecule has 2 aromatic carbocycles. The number of nitrogens with zero attached hydrogens (tertiary/aromatic N) is 1. The summed E-state index contributed by atoms with van der Waals surface area (Å²) < 4.78 is 0. The van der Waals surface area contributed by atoms with Crippen molar-refractivity contribution in [1.29, 1.82) is 0 Å². The van der Waals surface area contributed by atoms with Crippen LogP contribution in [0.2, 0.25) is 0 Å². The molecule has 0 heterocycles. The standard InChI is InChI=1S/C23H32N4O.HI/c1-5-24-22(28)21-9-7-19(8-10-21)16-27-23(25-6-2)26-12-11-20-14-17(3)13-18(4)15-20;/h7-10,13-15H,5-6,11-12,16H2,1-4H3,(H,24,28)(H2,25,26,27);1H. The minimum atomic E-state index is -0.0426. The van der Waals surface area contributed by atoms with Crippen LogP contribution in [0.25, 0.3) is 0 Å². The maximum atomic E-state index is 11.8. The molecule has 0 bridgehead atoms. The molecule has 0 radical (unpaired) electrons. The van der Waals surface area contributed by atoms with E-state index in [1.807, 2.05) is 31.2 Å². The van der Waals surface area contributed by atoms with Gasteiger partial charge in [0.2, 0.25) is 0 Å². The van der Waals surface area contributed by atoms with Gasteiger partial charge >= 0.3 is 0 Å². The smallest absolute Gasteiger partial charge is 0.251 e. The summed E-state index contributed by atoms with van der Waals surface area (Å²) >= 11 is 0. The lowest BCUT2D eigenvalue weighted by atomic mass is 10.1. The van der Waals surface area contributed by atoms with E-state index in [9.17, 15) is 4.79 Å². The Morgan fingerprint density at radius 1 is 0.862 bits per heavy atom. The number of hydrogen-bond acceptors (Lipinski definition) is 2. The molecule has 2 rings (SSSR count). The third kappa shape index (κ3) is 8.85. The van der Waals surface area contributed by atoms with Crippen molar-refractivity contribution in [2.24, 2.45) is 4.99 Å². The molecule has 0 unspecified atom stereocenters. The Kier molecular flexibility index (Phi) is 11.3. The lowest BCUT2D eigenvalue weighted by Crippen LogP contribution is -2.38. The lowest BCUT2D eigenvalue weighted by Gasteiger charge is -2.12. The molecule has 0 spiro atoms. The van der Waals surface area contributed by atoms with Crippen LogP contribution in [0, 0.1) is 13.8 Å². The number of carbonyl (C=O) groups excluding carboxylic acids is 1. The SMILES string of the molecule is CCNC(=O)c1ccc(CN=C(NCC)NCCc2cc(C)cc(C)c2)cc1.I. The Bertz CT molecular complexity index is 783. The first kappa shape index (κ1) is 24.9. The predicted molar refractivity (Wildman–Crippen MR) is 132 cm³/mol. The van der Waals surface area contributed by atoms with E-state index in [4.69, 9.17) is 0 Å². The topological polar surface area (TPSA) is 65.5 Å². The molecule has 158 valence electrons. The monoisotopic (exact) mass is 508 g/mol. The molecule has 29 heavy (non-hydrogen) atoms. The number of aliphatic imine (C=N–C) groups is 1. The van der Waals surface area contributed by atoms with Crippen molar-refractivity contribution in [1.82, 2.24) is 16.0 Å². The summed E-state index contributed by atoms with van der Waals surface area (Å²) in [4.78, 5) is 16.5. The van der Waals surface area contributed by atoms with Gasteiger partial charge in [-0.2, -0.15) is 0 Å². The molecule has 0 atom stereocenters. The number of hydrogen-bond donors (Lipinski definition) is 3. The third-order valence-electron chi connectivity index (χ3n) is 4.31. The second-order valence-electron chi connectivity index (χ2n) is 6.92. The lowest BCUT2D eigenvalue weighted by molar-refractivity contribution is 0.0956. The van der Waals surface area contributed by atoms with E-state index in [2.05, 4.69) is 59.9 Å². The van der Waals surface area contributed by atoms with Gasteiger partial charge in [0.05, 0.1) is 6.54 Å². The van der Waals surface area contributed by atoms with Crippen LogP contribution in [0.4, 0.5) is 0 Å². The molecule has 2 aromatic rings. The summed E-state index contributed by atoms with van der Waals surface area (Å²) in [5, 5.41) is 9.49. The second-order valence-corrected chi connectivity index (χ2v) is 6.92. The highest BCUT2D eigenvalue weighted by Gasteiger charge is 2.04. The van der Waals surface area contributed by atoms with Gasteiger partial charge in [-0.3, -0.25) is 4.79 Å². The molecule has 6 heteroatoms. The van der Waals surface area contributed by atoms with Crippen molar-refractivity contribution >= 4 is 35.8 Å². The van der Waals surface area contributed by atoms with Crippen LogP contribution in [0.3, 0.4) is 0 Å². The number of amides is 1. The van der Waals surface area contributed by atoms with Gasteiger partial charge in [0.15, 0.2) is 5.96 Å². The molecule has 0 saturated heterocycles. The normalized spacial score (nSPS) is 10.8. The molecule has 0 fully saturated rings. The van der Waals surface area contributed by atoms with Crippen molar-refractivity contribution in [2.75, 3.05) is 19.6 Å². The van der Waals surface area contributed by atoms with E-state index in [1.54, 1.807) is 0 Å². The van der Waals surface area contributed by atoms with Gasteiger partial charge in [-0.25, -0.2) is 4.99 Å². The van der Waals surface area contributed by atoms with Crippen LogP contribution >= 0.6 is 24.0 Å². The maximum absolute atomic E-state index is 11.8. The molecule has 1 amide bonds. The highest BCUT2D eigenvalue weighted by atomic mass is 127. The second kappa shape index (κ2) is 13.2. The fraction of sp³-hybridized carbons (Fsp3) is 0.391. The van der Waals surface area contributed by atoms with E-state index in [1.165, 1.54) is 16.7 Å². The molecule has 0 aromatic heterocycles. The van der Waals surface area contributed by atoms with Gasteiger partial charge < -0.3 is 16.0 Å². The Morgan fingerprint density at radius 3 is 2.07 bits per heavy atom. The highest BCUT2D eigenvalue weighted by Crippen LogP contribution is 2.09. The molecule has 3 N–H and O–H groups in total. The van der Waals surface area contributed by atoms with Crippen LogP contribution in [0.5, 0.6) is 0 Å². The van der Waals surface area contributed by atoms with Crippen LogP contribution in [-0.4, -0.2) is 31.5 Å². The Balaban J connectivity index is 0.00000420. The van der Waals surface area contributed by atoms with Crippen molar-refractivity contribution in [3.63, 3.8) is 0 Å². The van der Waals surface area contributed by atoms with E-state index in [0.29, 0.717) is 18.7 Å². The Labute approximate surface area is 191 Å². The van der Waals surface area contributed by atoms with Crippen LogP contribution in [0.15, 0.2) is 47.5 Å². The molecule has 0 aliphatic heterocycles. The minimum absolute atomic E-state index is 0. The van der Waals surface area contributed by atoms with Gasteiger partial charge in [-0.1, -0.05) is 41.5 Å². The van der Waals surface area contributed by atoms with Crippen molar-refractivity contribution in [3.8, 4) is 0 Å². The van der Waals surface area contributed by atoms with Crippen molar-refractivity contribution < 1.29 is 4.79 Å². The fourth-order valence-corrected chi connectivity index (χ4v) is 3.07. The maximum Gasteiger partial charge on any atom is 0.251 e. The molecular formula is C23H33IN4O. The first-order chi connectivity index (χ1) is 13.5. The minimum Gasteiger partial charge on any atom is -0.357 e. The van der Waals surface area contributed by atoms with Crippen LogP contribution in [-0.2, 0) is 13.0 Å². The summed E-state index contributed by atoms with van der Waals surface area (Å²) in [7, 11) is 0. The first-order valence-electron chi connectivity index (χ1n) is 9.98. The zero-order valence-electron chi connectivity index (χ0n) is 17.8. The number of guanidine groups is 1. The summed E-state index contributed by atoms with van der Waals surface area (Å²) in [6.45, 7) is 11.1. The number of benzene rings is 2. The van der Waals surface area contributed by atoms with E-state index < -0.39 is 0 Å². The van der Waals surface area contributed by atoms with E-state index >= 15 is 0 Å². The Morgan fingerprint density at radius 2 is 1.48 bits per heavy atom. The van der Waals surface area contributed by atoms with Gasteiger partial charge in [0.25, 0.3) is 5.91 Å². The average Bonchev–Trinajstić information content (AvgIpc) is 2.66. The zero-order chi connectivity index (χ0) is 20.4. The quantitative estimate of drug-likeness (QED) is 0.287. The number of nitrogens with one attached hydrogen (secondary N) is 3. The largest absolute Gasteiger partial charge is 0.357 e. The number of halogens is 1. The summed E-state index contributed by atoms with van der Waals surface area (Å²) in [6.07, 6.45) is 0.953. The predicted octanol–water partition coefficient (Wildman–Crippen LogP) is 3.97. The number of rotatable bonds is 8. The van der Waals surface area contributed by atoms with Gasteiger partial charge in [-0.05, 0) is 57.4 Å². The molecule has 0 aliphatic rings. The van der Waals surface area contributed by atoms with Gasteiger partial charge in [0.1, 0.15) is 0 Å². The summed E-state index contributed by atoms with van der Waals surface area (Å²) in [5.74, 6) is 0.763. The van der Waals surface area contributed by atoms with Gasteiger partial charge in [-0.15, -0.1) is 24.0 Å². The average molecular weight is 508 g/mol. The molecular weight excluding hydrogens is 475 g/mol.